The Kier molecular flexibility index (Phi) is 6.03. The van der Waals surface area contributed by atoms with Gasteiger partial charge in [-0.2, -0.15) is 0 Å². The highest BCUT2D eigenvalue weighted by molar-refractivity contribution is 5.99. The van der Waals surface area contributed by atoms with E-state index in [0.717, 1.165) is 12.8 Å². The minimum atomic E-state index is -0.647. The van der Waals surface area contributed by atoms with Gasteiger partial charge in [0.25, 0.3) is 0 Å². The Morgan fingerprint density at radius 1 is 1.10 bits per heavy atom. The molecule has 116 valence electrons. The second-order valence-electron chi connectivity index (χ2n) is 5.80. The van der Waals surface area contributed by atoms with Crippen LogP contribution in [-0.4, -0.2) is 34.8 Å². The summed E-state index contributed by atoms with van der Waals surface area (Å²) in [4.78, 5) is 27.2. The predicted octanol–water partition coefficient (Wildman–Crippen LogP) is 2.72. The van der Waals surface area contributed by atoms with Gasteiger partial charge in [0.2, 0.25) is 11.8 Å². The molecule has 1 heterocycles. The van der Waals surface area contributed by atoms with Crippen molar-refractivity contribution in [3.8, 4) is 0 Å². The van der Waals surface area contributed by atoms with Crippen molar-refractivity contribution < 1.29 is 9.59 Å². The second-order valence-corrected chi connectivity index (χ2v) is 5.80. The van der Waals surface area contributed by atoms with Crippen molar-refractivity contribution in [3.63, 3.8) is 0 Å². The lowest BCUT2D eigenvalue weighted by atomic mass is 9.84. The fourth-order valence-corrected chi connectivity index (χ4v) is 3.18. The molecule has 0 aromatic heterocycles. The van der Waals surface area contributed by atoms with E-state index in [1.54, 1.807) is 0 Å². The van der Waals surface area contributed by atoms with Crippen LogP contribution in [0.5, 0.6) is 0 Å². The largest absolute Gasteiger partial charge is 0.342 e. The third kappa shape index (κ3) is 2.84. The molecule has 0 bridgehead atoms. The number of rotatable bonds is 7. The van der Waals surface area contributed by atoms with Gasteiger partial charge in [0, 0.05) is 6.54 Å². The maximum atomic E-state index is 12.7. The van der Waals surface area contributed by atoms with Gasteiger partial charge in [0.15, 0.2) is 0 Å². The summed E-state index contributed by atoms with van der Waals surface area (Å²) >= 11 is 0. The van der Waals surface area contributed by atoms with E-state index < -0.39 is 5.54 Å². The first-order chi connectivity index (χ1) is 9.50. The number of piperazine rings is 1. The predicted molar refractivity (Wildman–Crippen MR) is 81.3 cm³/mol. The minimum Gasteiger partial charge on any atom is -0.342 e. The maximum absolute atomic E-state index is 12.7. The van der Waals surface area contributed by atoms with Gasteiger partial charge < -0.3 is 10.2 Å². The first-order valence-corrected chi connectivity index (χ1v) is 8.12. The molecule has 0 radical (unpaired) electrons. The summed E-state index contributed by atoms with van der Waals surface area (Å²) < 4.78 is 0. The number of hydrogen-bond donors (Lipinski definition) is 1. The topological polar surface area (TPSA) is 49.4 Å². The average Bonchev–Trinajstić information content (AvgIpc) is 2.48. The number of carbonyl (C=O) groups excluding carboxylic acids is 2. The van der Waals surface area contributed by atoms with E-state index in [1.165, 1.54) is 0 Å². The zero-order valence-corrected chi connectivity index (χ0v) is 13.7. The summed E-state index contributed by atoms with van der Waals surface area (Å²) in [6.45, 7) is 11.0. The van der Waals surface area contributed by atoms with E-state index in [2.05, 4.69) is 19.2 Å². The molecule has 0 spiro atoms. The van der Waals surface area contributed by atoms with Crippen LogP contribution in [0.2, 0.25) is 0 Å². The van der Waals surface area contributed by atoms with E-state index in [1.807, 2.05) is 25.7 Å². The zero-order valence-electron chi connectivity index (χ0n) is 13.7. The molecule has 0 saturated carbocycles. The molecule has 1 fully saturated rings. The molecule has 1 N–H and O–H groups in total. The number of nitrogens with one attached hydrogen (secondary N) is 1. The van der Waals surface area contributed by atoms with Crippen LogP contribution >= 0.6 is 0 Å². The van der Waals surface area contributed by atoms with Gasteiger partial charge in [-0.05, 0) is 25.2 Å². The van der Waals surface area contributed by atoms with Crippen molar-refractivity contribution in [3.05, 3.63) is 0 Å². The normalized spacial score (nSPS) is 22.3. The van der Waals surface area contributed by atoms with Crippen molar-refractivity contribution in [2.75, 3.05) is 6.54 Å². The zero-order chi connectivity index (χ0) is 15.3. The molecule has 1 aliphatic rings. The molecule has 1 rings (SSSR count). The second kappa shape index (κ2) is 7.09. The van der Waals surface area contributed by atoms with Gasteiger partial charge in [-0.1, -0.05) is 47.5 Å². The smallest absolute Gasteiger partial charge is 0.246 e. The summed E-state index contributed by atoms with van der Waals surface area (Å²) in [6, 6.07) is -0.344. The molecule has 2 amide bonds. The van der Waals surface area contributed by atoms with E-state index in [4.69, 9.17) is 0 Å². The van der Waals surface area contributed by atoms with Gasteiger partial charge in [-0.15, -0.1) is 0 Å². The Morgan fingerprint density at radius 2 is 1.65 bits per heavy atom. The third-order valence-electron chi connectivity index (χ3n) is 4.98. The van der Waals surface area contributed by atoms with Gasteiger partial charge in [-0.25, -0.2) is 0 Å². The fraction of sp³-hybridized carbons (Fsp3) is 0.875. The van der Waals surface area contributed by atoms with Crippen molar-refractivity contribution in [2.45, 2.75) is 78.3 Å². The van der Waals surface area contributed by atoms with Gasteiger partial charge in [0.1, 0.15) is 11.6 Å². The standard InChI is InChI=1S/C16H30N2O2/c1-6-12(7-2)11-18-14(19)13(8-3)17-15(20)16(18,9-4)10-5/h12-13H,6-11H2,1-5H3,(H,17,20). The molecule has 1 aliphatic heterocycles. The van der Waals surface area contributed by atoms with Crippen LogP contribution < -0.4 is 5.32 Å². The van der Waals surface area contributed by atoms with E-state index in [9.17, 15) is 9.59 Å². The average molecular weight is 282 g/mol. The summed E-state index contributed by atoms with van der Waals surface area (Å²) in [7, 11) is 0. The summed E-state index contributed by atoms with van der Waals surface area (Å²) in [5.41, 5.74) is -0.647. The Labute approximate surface area is 123 Å². The van der Waals surface area contributed by atoms with Crippen LogP contribution in [0, 0.1) is 5.92 Å². The Bertz CT molecular complexity index is 346. The third-order valence-corrected chi connectivity index (χ3v) is 4.98. The molecule has 1 saturated heterocycles. The molecule has 0 aromatic carbocycles. The fourth-order valence-electron chi connectivity index (χ4n) is 3.18. The van der Waals surface area contributed by atoms with Crippen LogP contribution in [0.3, 0.4) is 0 Å². The van der Waals surface area contributed by atoms with Crippen LogP contribution in [0.25, 0.3) is 0 Å². The van der Waals surface area contributed by atoms with Crippen molar-refractivity contribution in [1.82, 2.24) is 10.2 Å². The lowest BCUT2D eigenvalue weighted by Crippen LogP contribution is -2.70. The Morgan fingerprint density at radius 3 is 2.05 bits per heavy atom. The highest BCUT2D eigenvalue weighted by Crippen LogP contribution is 2.31. The van der Waals surface area contributed by atoms with Gasteiger partial charge >= 0.3 is 0 Å². The molecule has 4 nitrogen and oxygen atoms in total. The Hall–Kier alpha value is -1.06. The number of amides is 2. The van der Waals surface area contributed by atoms with Crippen LogP contribution in [0.1, 0.15) is 66.7 Å². The molecule has 4 heteroatoms. The molecular weight excluding hydrogens is 252 g/mol. The quantitative estimate of drug-likeness (QED) is 0.780. The van der Waals surface area contributed by atoms with E-state index >= 15 is 0 Å². The van der Waals surface area contributed by atoms with Crippen molar-refractivity contribution >= 4 is 11.8 Å². The highest BCUT2D eigenvalue weighted by atomic mass is 16.2. The van der Waals surface area contributed by atoms with E-state index in [-0.39, 0.29) is 17.9 Å². The molecule has 0 aromatic rings. The minimum absolute atomic E-state index is 0.0277. The molecule has 20 heavy (non-hydrogen) atoms. The highest BCUT2D eigenvalue weighted by Gasteiger charge is 2.49. The molecular formula is C16H30N2O2. The first kappa shape index (κ1) is 17.0. The summed E-state index contributed by atoms with van der Waals surface area (Å²) in [6.07, 6.45) is 4.10. The number of hydrogen-bond acceptors (Lipinski definition) is 2. The summed E-state index contributed by atoms with van der Waals surface area (Å²) in [5, 5.41) is 2.92. The van der Waals surface area contributed by atoms with Crippen LogP contribution in [0.4, 0.5) is 0 Å². The lowest BCUT2D eigenvalue weighted by Gasteiger charge is -2.48. The van der Waals surface area contributed by atoms with Gasteiger partial charge in [-0.3, -0.25) is 9.59 Å². The number of nitrogens with zero attached hydrogens (tertiary/aromatic N) is 1. The lowest BCUT2D eigenvalue weighted by molar-refractivity contribution is -0.159. The Balaban J connectivity index is 3.12. The van der Waals surface area contributed by atoms with Crippen LogP contribution in [-0.2, 0) is 9.59 Å². The number of carbonyl (C=O) groups is 2. The van der Waals surface area contributed by atoms with E-state index in [0.29, 0.717) is 31.7 Å². The monoisotopic (exact) mass is 282 g/mol. The van der Waals surface area contributed by atoms with Crippen molar-refractivity contribution in [1.29, 1.82) is 0 Å². The molecule has 1 unspecified atom stereocenters. The first-order valence-electron chi connectivity index (χ1n) is 8.12. The van der Waals surface area contributed by atoms with Crippen molar-refractivity contribution in [2.24, 2.45) is 5.92 Å². The summed E-state index contributed by atoms with van der Waals surface area (Å²) in [5.74, 6) is 0.599. The molecule has 0 aliphatic carbocycles. The SMILES string of the molecule is CCC(CC)CN1C(=O)C(CC)NC(=O)C1(CC)CC. The van der Waals surface area contributed by atoms with Gasteiger partial charge in [0.05, 0.1) is 0 Å². The maximum Gasteiger partial charge on any atom is 0.246 e. The van der Waals surface area contributed by atoms with Crippen LogP contribution in [0.15, 0.2) is 0 Å². The molecule has 1 atom stereocenters.